The summed E-state index contributed by atoms with van der Waals surface area (Å²) in [5, 5.41) is 3.75. The van der Waals surface area contributed by atoms with Gasteiger partial charge in [0.05, 0.1) is 12.0 Å². The number of amides is 1. The van der Waals surface area contributed by atoms with E-state index in [1.54, 1.807) is 12.1 Å². The molecule has 0 bridgehead atoms. The number of rotatable bonds is 6. The summed E-state index contributed by atoms with van der Waals surface area (Å²) >= 11 is 3.31. The lowest BCUT2D eigenvalue weighted by Crippen LogP contribution is -2.44. The standard InChI is InChI=1S/C20H21BrFNO3/c21-11-14-26-18-7-5-17(6-8-18)23-19(24)20(9-12-25-13-10-20)15-1-3-16(22)4-2-15/h1-8H,9-14H2,(H,23,24). The first kappa shape index (κ1) is 18.9. The van der Waals surface area contributed by atoms with Crippen LogP contribution in [0.15, 0.2) is 48.5 Å². The fraction of sp³-hybridized carbons (Fsp3) is 0.350. The molecule has 0 radical (unpaired) electrons. The Kier molecular flexibility index (Phi) is 6.27. The molecule has 0 aliphatic carbocycles. The summed E-state index contributed by atoms with van der Waals surface area (Å²) in [4.78, 5) is 13.1. The number of alkyl halides is 1. The molecule has 1 N–H and O–H groups in total. The lowest BCUT2D eigenvalue weighted by atomic mass is 9.73. The Balaban J connectivity index is 1.78. The number of hydrogen-bond acceptors (Lipinski definition) is 3. The first-order chi connectivity index (χ1) is 12.6. The van der Waals surface area contributed by atoms with Gasteiger partial charge >= 0.3 is 0 Å². The minimum Gasteiger partial charge on any atom is -0.493 e. The van der Waals surface area contributed by atoms with E-state index in [0.29, 0.717) is 38.3 Å². The van der Waals surface area contributed by atoms with Crippen LogP contribution in [0.2, 0.25) is 0 Å². The Morgan fingerprint density at radius 2 is 1.77 bits per heavy atom. The van der Waals surface area contributed by atoms with Crippen LogP contribution < -0.4 is 10.1 Å². The number of halogens is 2. The number of hydrogen-bond donors (Lipinski definition) is 1. The van der Waals surface area contributed by atoms with E-state index in [4.69, 9.17) is 9.47 Å². The van der Waals surface area contributed by atoms with Gasteiger partial charge in [0.15, 0.2) is 0 Å². The molecule has 1 aliphatic rings. The highest BCUT2D eigenvalue weighted by Gasteiger charge is 2.41. The van der Waals surface area contributed by atoms with E-state index < -0.39 is 5.41 Å². The molecule has 0 atom stereocenters. The second-order valence-corrected chi connectivity index (χ2v) is 7.01. The second-order valence-electron chi connectivity index (χ2n) is 6.22. The minimum atomic E-state index is -0.711. The maximum absolute atomic E-state index is 13.3. The third-order valence-corrected chi connectivity index (χ3v) is 4.96. The molecule has 1 heterocycles. The molecule has 0 aromatic heterocycles. The van der Waals surface area contributed by atoms with Crippen molar-refractivity contribution < 1.29 is 18.7 Å². The SMILES string of the molecule is O=C(Nc1ccc(OCCBr)cc1)C1(c2ccc(F)cc2)CCOCC1. The van der Waals surface area contributed by atoms with Gasteiger partial charge in [-0.25, -0.2) is 4.39 Å². The van der Waals surface area contributed by atoms with Gasteiger partial charge in [-0.05, 0) is 54.8 Å². The van der Waals surface area contributed by atoms with E-state index in [0.717, 1.165) is 16.6 Å². The van der Waals surface area contributed by atoms with Crippen LogP contribution in [0.3, 0.4) is 0 Å². The topological polar surface area (TPSA) is 47.6 Å². The Hall–Kier alpha value is -1.92. The number of nitrogens with one attached hydrogen (secondary N) is 1. The number of anilines is 1. The number of carbonyl (C=O) groups is 1. The second kappa shape index (κ2) is 8.64. The average molecular weight is 422 g/mol. The summed E-state index contributed by atoms with van der Waals surface area (Å²) in [5.74, 6) is 0.346. The Labute approximate surface area is 160 Å². The first-order valence-corrected chi connectivity index (χ1v) is 9.70. The zero-order valence-electron chi connectivity index (χ0n) is 14.3. The fourth-order valence-corrected chi connectivity index (χ4v) is 3.34. The molecule has 1 aliphatic heterocycles. The van der Waals surface area contributed by atoms with E-state index >= 15 is 0 Å². The molecule has 2 aromatic carbocycles. The van der Waals surface area contributed by atoms with Crippen LogP contribution in [0.4, 0.5) is 10.1 Å². The van der Waals surface area contributed by atoms with Crippen molar-refractivity contribution in [3.8, 4) is 5.75 Å². The summed E-state index contributed by atoms with van der Waals surface area (Å²) in [6, 6.07) is 13.5. The molecule has 0 spiro atoms. The fourth-order valence-electron chi connectivity index (χ4n) is 3.18. The van der Waals surface area contributed by atoms with Crippen molar-refractivity contribution in [2.24, 2.45) is 0 Å². The third kappa shape index (κ3) is 4.24. The van der Waals surface area contributed by atoms with Gasteiger partial charge in [0, 0.05) is 24.2 Å². The van der Waals surface area contributed by atoms with Gasteiger partial charge in [-0.15, -0.1) is 0 Å². The lowest BCUT2D eigenvalue weighted by molar-refractivity contribution is -0.125. The van der Waals surface area contributed by atoms with Gasteiger partial charge in [-0.1, -0.05) is 28.1 Å². The first-order valence-electron chi connectivity index (χ1n) is 8.58. The van der Waals surface area contributed by atoms with Gasteiger partial charge < -0.3 is 14.8 Å². The van der Waals surface area contributed by atoms with Crippen LogP contribution in [0.5, 0.6) is 5.75 Å². The van der Waals surface area contributed by atoms with Crippen LogP contribution in [-0.4, -0.2) is 31.1 Å². The zero-order chi connectivity index (χ0) is 18.4. The molecule has 0 unspecified atom stereocenters. The van der Waals surface area contributed by atoms with Crippen molar-refractivity contribution >= 4 is 27.5 Å². The van der Waals surface area contributed by atoms with Crippen molar-refractivity contribution in [3.05, 3.63) is 59.9 Å². The van der Waals surface area contributed by atoms with Crippen molar-refractivity contribution in [2.45, 2.75) is 18.3 Å². The van der Waals surface area contributed by atoms with Crippen molar-refractivity contribution in [3.63, 3.8) is 0 Å². The van der Waals surface area contributed by atoms with Crippen LogP contribution in [-0.2, 0) is 14.9 Å². The molecule has 4 nitrogen and oxygen atoms in total. The van der Waals surface area contributed by atoms with E-state index in [-0.39, 0.29) is 11.7 Å². The molecule has 1 amide bonds. The molecular formula is C20H21BrFNO3. The minimum absolute atomic E-state index is 0.0958. The maximum Gasteiger partial charge on any atom is 0.235 e. The predicted octanol–water partition coefficient (Wildman–Crippen LogP) is 4.29. The maximum atomic E-state index is 13.3. The van der Waals surface area contributed by atoms with Crippen molar-refractivity contribution in [2.75, 3.05) is 30.5 Å². The van der Waals surface area contributed by atoms with Crippen LogP contribution >= 0.6 is 15.9 Å². The van der Waals surface area contributed by atoms with E-state index in [1.807, 2.05) is 24.3 Å². The smallest absolute Gasteiger partial charge is 0.235 e. The van der Waals surface area contributed by atoms with E-state index in [2.05, 4.69) is 21.2 Å². The molecule has 1 fully saturated rings. The predicted molar refractivity (Wildman–Crippen MR) is 102 cm³/mol. The van der Waals surface area contributed by atoms with Crippen LogP contribution in [0.1, 0.15) is 18.4 Å². The van der Waals surface area contributed by atoms with Crippen molar-refractivity contribution in [1.82, 2.24) is 0 Å². The highest BCUT2D eigenvalue weighted by atomic mass is 79.9. The number of ether oxygens (including phenoxy) is 2. The summed E-state index contributed by atoms with van der Waals surface area (Å²) in [7, 11) is 0. The number of carbonyl (C=O) groups excluding carboxylic acids is 1. The summed E-state index contributed by atoms with van der Waals surface area (Å²) < 4.78 is 24.3. The lowest BCUT2D eigenvalue weighted by Gasteiger charge is -2.36. The zero-order valence-corrected chi connectivity index (χ0v) is 15.9. The largest absolute Gasteiger partial charge is 0.493 e. The quantitative estimate of drug-likeness (QED) is 0.707. The molecular weight excluding hydrogens is 401 g/mol. The van der Waals surface area contributed by atoms with Gasteiger partial charge in [0.1, 0.15) is 11.6 Å². The van der Waals surface area contributed by atoms with Crippen LogP contribution in [0.25, 0.3) is 0 Å². The van der Waals surface area contributed by atoms with Crippen molar-refractivity contribution in [1.29, 1.82) is 0 Å². The van der Waals surface area contributed by atoms with Crippen LogP contribution in [0, 0.1) is 5.82 Å². The molecule has 1 saturated heterocycles. The summed E-state index contributed by atoms with van der Waals surface area (Å²) in [6.45, 7) is 1.59. The highest BCUT2D eigenvalue weighted by Crippen LogP contribution is 2.36. The molecule has 138 valence electrons. The normalized spacial score (nSPS) is 16.1. The molecule has 2 aromatic rings. The summed E-state index contributed by atoms with van der Waals surface area (Å²) in [6.07, 6.45) is 1.13. The average Bonchev–Trinajstić information content (AvgIpc) is 2.68. The molecule has 3 rings (SSSR count). The highest BCUT2D eigenvalue weighted by molar-refractivity contribution is 9.09. The number of benzene rings is 2. The van der Waals surface area contributed by atoms with Gasteiger partial charge in [0.2, 0.25) is 5.91 Å². The summed E-state index contributed by atoms with van der Waals surface area (Å²) in [5.41, 5.74) is 0.808. The molecule has 26 heavy (non-hydrogen) atoms. The Morgan fingerprint density at radius 3 is 2.38 bits per heavy atom. The monoisotopic (exact) mass is 421 g/mol. The van der Waals surface area contributed by atoms with Gasteiger partial charge in [-0.2, -0.15) is 0 Å². The Bertz CT molecular complexity index is 728. The molecule has 0 saturated carbocycles. The van der Waals surface area contributed by atoms with E-state index in [9.17, 15) is 9.18 Å². The van der Waals surface area contributed by atoms with E-state index in [1.165, 1.54) is 12.1 Å². The Morgan fingerprint density at radius 1 is 1.12 bits per heavy atom. The molecule has 6 heteroatoms. The van der Waals surface area contributed by atoms with Gasteiger partial charge in [-0.3, -0.25) is 4.79 Å². The van der Waals surface area contributed by atoms with Gasteiger partial charge in [0.25, 0.3) is 0 Å². The third-order valence-electron chi connectivity index (χ3n) is 4.64.